The number of likely N-dealkylation sites (tertiary alicyclic amines) is 1. The third-order valence-electron chi connectivity index (χ3n) is 6.27. The molecule has 0 aromatic carbocycles. The summed E-state index contributed by atoms with van der Waals surface area (Å²) in [6, 6.07) is -0.607. The van der Waals surface area contributed by atoms with E-state index in [1.165, 1.54) is 30.4 Å². The molecule has 4 heterocycles. The number of fused-ring (bicyclic) bond motifs is 1. The molecule has 0 radical (unpaired) electrons. The van der Waals surface area contributed by atoms with Crippen LogP contribution in [0.25, 0.3) is 0 Å². The van der Waals surface area contributed by atoms with E-state index in [9.17, 15) is 18.0 Å². The molecule has 11 heteroatoms. The maximum absolute atomic E-state index is 13.2. The van der Waals surface area contributed by atoms with Crippen molar-refractivity contribution in [3.8, 4) is 0 Å². The summed E-state index contributed by atoms with van der Waals surface area (Å²) in [5.41, 5.74) is 1.39. The van der Waals surface area contributed by atoms with Crippen molar-refractivity contribution in [1.82, 2.24) is 24.1 Å². The Kier molecular flexibility index (Phi) is 7.26. The molecule has 2 atom stereocenters. The van der Waals surface area contributed by atoms with Gasteiger partial charge in [0.15, 0.2) is 0 Å². The van der Waals surface area contributed by atoms with Gasteiger partial charge in [-0.05, 0) is 37.9 Å². The molecule has 0 bridgehead atoms. The average molecular weight is 484 g/mol. The molecule has 2 amide bonds. The minimum absolute atomic E-state index is 0. The van der Waals surface area contributed by atoms with Crippen molar-refractivity contribution in [3.05, 3.63) is 35.6 Å². The summed E-state index contributed by atoms with van der Waals surface area (Å²) in [5.74, 6) is -1.56. The fraction of sp³-hybridized carbons (Fsp3) is 0.619. The lowest BCUT2D eigenvalue weighted by molar-refractivity contribution is -0.128. The molecule has 2 saturated heterocycles. The van der Waals surface area contributed by atoms with Gasteiger partial charge in [-0.3, -0.25) is 19.5 Å². The van der Waals surface area contributed by atoms with Crippen molar-refractivity contribution in [1.29, 1.82) is 0 Å². The lowest BCUT2D eigenvalue weighted by atomic mass is 9.89. The van der Waals surface area contributed by atoms with Crippen molar-refractivity contribution in [2.24, 2.45) is 11.8 Å². The SMILES string of the molecule is CC(C)[C@H]1C(=O)N(S(C)(=O)=O)C2=CCN(C(=O)c3cnc(CN4CCCCC4)cn3)[C@@H]21.Cl. The van der Waals surface area contributed by atoms with Crippen LogP contribution in [-0.4, -0.2) is 76.2 Å². The normalized spacial score (nSPS) is 23.9. The molecule has 3 aliphatic heterocycles. The van der Waals surface area contributed by atoms with E-state index >= 15 is 0 Å². The molecular weight excluding hydrogens is 454 g/mol. The van der Waals surface area contributed by atoms with E-state index < -0.39 is 27.9 Å². The third-order valence-corrected chi connectivity index (χ3v) is 7.32. The third kappa shape index (κ3) is 4.53. The van der Waals surface area contributed by atoms with Crippen LogP contribution >= 0.6 is 12.4 Å². The van der Waals surface area contributed by atoms with Crippen LogP contribution in [0.5, 0.6) is 0 Å². The first kappa shape index (κ1) is 24.6. The maximum Gasteiger partial charge on any atom is 0.274 e. The smallest absolute Gasteiger partial charge is 0.274 e. The predicted molar refractivity (Wildman–Crippen MR) is 121 cm³/mol. The van der Waals surface area contributed by atoms with Crippen LogP contribution in [0.15, 0.2) is 24.2 Å². The summed E-state index contributed by atoms with van der Waals surface area (Å²) in [7, 11) is -3.76. The first-order chi connectivity index (χ1) is 14.7. The minimum atomic E-state index is -3.76. The van der Waals surface area contributed by atoms with E-state index in [0.29, 0.717) is 12.2 Å². The largest absolute Gasteiger partial charge is 0.324 e. The summed E-state index contributed by atoms with van der Waals surface area (Å²) in [4.78, 5) is 38.8. The molecule has 1 aromatic heterocycles. The van der Waals surface area contributed by atoms with Crippen LogP contribution in [0.2, 0.25) is 0 Å². The lowest BCUT2D eigenvalue weighted by Gasteiger charge is -2.28. The molecule has 0 N–H and O–H groups in total. The Balaban J connectivity index is 0.00000289. The van der Waals surface area contributed by atoms with Crippen molar-refractivity contribution in [2.75, 3.05) is 25.9 Å². The van der Waals surface area contributed by atoms with Crippen molar-refractivity contribution >= 4 is 34.2 Å². The highest BCUT2D eigenvalue weighted by Crippen LogP contribution is 2.41. The van der Waals surface area contributed by atoms with Gasteiger partial charge in [0, 0.05) is 13.1 Å². The number of carbonyl (C=O) groups is 2. The molecule has 0 saturated carbocycles. The van der Waals surface area contributed by atoms with Gasteiger partial charge in [0.25, 0.3) is 5.91 Å². The fourth-order valence-electron chi connectivity index (χ4n) is 4.82. The van der Waals surface area contributed by atoms with Gasteiger partial charge >= 0.3 is 0 Å². The van der Waals surface area contributed by atoms with Gasteiger partial charge in [0.1, 0.15) is 5.69 Å². The number of hydrogen-bond acceptors (Lipinski definition) is 7. The highest BCUT2D eigenvalue weighted by Gasteiger charge is 2.54. The molecule has 1 aromatic rings. The van der Waals surface area contributed by atoms with Gasteiger partial charge in [-0.25, -0.2) is 17.7 Å². The fourth-order valence-corrected chi connectivity index (χ4v) is 5.83. The summed E-state index contributed by atoms with van der Waals surface area (Å²) >= 11 is 0. The standard InChI is InChI=1S/C21H29N5O4S.ClH/c1-14(2)18-19-17(26(21(18)28)31(3,29)30)7-10-25(19)20(27)16-12-22-15(11-23-16)13-24-8-5-4-6-9-24;/h7,11-12,14,18-19H,4-6,8-10,13H2,1-3H3;1H/t18-,19+;/m1./s1. The molecule has 3 aliphatic rings. The summed E-state index contributed by atoms with van der Waals surface area (Å²) < 4.78 is 25.3. The van der Waals surface area contributed by atoms with Gasteiger partial charge < -0.3 is 4.90 Å². The molecule has 4 rings (SSSR count). The van der Waals surface area contributed by atoms with Crippen molar-refractivity contribution in [3.63, 3.8) is 0 Å². The van der Waals surface area contributed by atoms with Gasteiger partial charge in [0.05, 0.1) is 42.0 Å². The zero-order valence-electron chi connectivity index (χ0n) is 18.6. The second-order valence-electron chi connectivity index (χ2n) is 8.90. The average Bonchev–Trinajstić information content (AvgIpc) is 3.24. The van der Waals surface area contributed by atoms with Crippen molar-refractivity contribution in [2.45, 2.75) is 45.7 Å². The zero-order valence-corrected chi connectivity index (χ0v) is 20.2. The van der Waals surface area contributed by atoms with E-state index in [-0.39, 0.29) is 36.5 Å². The first-order valence-electron chi connectivity index (χ1n) is 10.8. The van der Waals surface area contributed by atoms with Gasteiger partial charge in [-0.1, -0.05) is 20.3 Å². The summed E-state index contributed by atoms with van der Waals surface area (Å²) in [6.45, 7) is 6.77. The number of hydrogen-bond donors (Lipinski definition) is 0. The number of sulfonamides is 1. The van der Waals surface area contributed by atoms with E-state index in [2.05, 4.69) is 14.9 Å². The monoisotopic (exact) mass is 483 g/mol. The van der Waals surface area contributed by atoms with Gasteiger partial charge in [0.2, 0.25) is 15.9 Å². The van der Waals surface area contributed by atoms with Crippen LogP contribution in [0.3, 0.4) is 0 Å². The highest BCUT2D eigenvalue weighted by atomic mass is 35.5. The topological polar surface area (TPSA) is 104 Å². The van der Waals surface area contributed by atoms with Crippen LogP contribution in [-0.2, 0) is 21.4 Å². The van der Waals surface area contributed by atoms with Crippen molar-refractivity contribution < 1.29 is 18.0 Å². The van der Waals surface area contributed by atoms with E-state index in [1.54, 1.807) is 12.3 Å². The predicted octanol–water partition coefficient (Wildman–Crippen LogP) is 1.67. The second-order valence-corrected chi connectivity index (χ2v) is 10.7. The number of halogens is 1. The number of amides is 2. The van der Waals surface area contributed by atoms with Crippen LogP contribution in [0.1, 0.15) is 49.3 Å². The Bertz CT molecular complexity index is 1010. The Morgan fingerprint density at radius 1 is 1.16 bits per heavy atom. The maximum atomic E-state index is 13.2. The Morgan fingerprint density at radius 2 is 1.84 bits per heavy atom. The van der Waals surface area contributed by atoms with Crippen LogP contribution in [0, 0.1) is 11.8 Å². The van der Waals surface area contributed by atoms with Gasteiger partial charge in [-0.15, -0.1) is 12.4 Å². The Labute approximate surface area is 195 Å². The lowest BCUT2D eigenvalue weighted by Crippen LogP contribution is -2.43. The van der Waals surface area contributed by atoms with Gasteiger partial charge in [-0.2, -0.15) is 0 Å². The molecule has 0 spiro atoms. The van der Waals surface area contributed by atoms with E-state index in [1.807, 2.05) is 13.8 Å². The highest BCUT2D eigenvalue weighted by molar-refractivity contribution is 7.89. The van der Waals surface area contributed by atoms with E-state index in [4.69, 9.17) is 0 Å². The molecule has 9 nitrogen and oxygen atoms in total. The number of nitrogens with zero attached hydrogens (tertiary/aromatic N) is 5. The molecule has 0 aliphatic carbocycles. The van der Waals surface area contributed by atoms with E-state index in [0.717, 1.165) is 29.3 Å². The first-order valence-corrected chi connectivity index (χ1v) is 12.6. The summed E-state index contributed by atoms with van der Waals surface area (Å²) in [5, 5.41) is 0. The second kappa shape index (κ2) is 9.44. The Hall–Kier alpha value is -2.04. The molecule has 0 unspecified atom stereocenters. The number of piperidine rings is 1. The molecular formula is C21H30ClN5O4S. The zero-order chi connectivity index (χ0) is 22.3. The molecule has 32 heavy (non-hydrogen) atoms. The number of aromatic nitrogens is 2. The Morgan fingerprint density at radius 3 is 2.41 bits per heavy atom. The summed E-state index contributed by atoms with van der Waals surface area (Å²) in [6.07, 6.45) is 9.43. The van der Waals surface area contributed by atoms with Crippen LogP contribution in [0.4, 0.5) is 0 Å². The number of carbonyl (C=O) groups excluding carboxylic acids is 2. The quantitative estimate of drug-likeness (QED) is 0.627. The number of rotatable bonds is 5. The van der Waals surface area contributed by atoms with Crippen LogP contribution < -0.4 is 0 Å². The molecule has 176 valence electrons. The minimum Gasteiger partial charge on any atom is -0.324 e. The molecule has 2 fully saturated rings.